The first-order valence-electron chi connectivity index (χ1n) is 5.38. The second-order valence-electron chi connectivity index (χ2n) is 4.32. The Balaban J connectivity index is 2.13. The molecule has 1 saturated heterocycles. The summed E-state index contributed by atoms with van der Waals surface area (Å²) in [6.45, 7) is 3.50. The molecule has 1 unspecified atom stereocenters. The Morgan fingerprint density at radius 3 is 2.62 bits per heavy atom. The molecule has 2 rings (SSSR count). The summed E-state index contributed by atoms with van der Waals surface area (Å²) in [5.41, 5.74) is 0.682. The summed E-state index contributed by atoms with van der Waals surface area (Å²) in [5, 5.41) is 6.18. The molecular weight excluding hydrogens is 268 g/mol. The highest BCUT2D eigenvalue weighted by atomic mass is 79.9. The number of halogens is 1. The van der Waals surface area contributed by atoms with Crippen molar-refractivity contribution in [2.45, 2.75) is 18.9 Å². The average Bonchev–Trinajstić information content (AvgIpc) is 2.26. The summed E-state index contributed by atoms with van der Waals surface area (Å²) in [5.74, 6) is 0.0849. The zero-order valence-corrected chi connectivity index (χ0v) is 10.8. The molecule has 0 aromatic heterocycles. The van der Waals surface area contributed by atoms with E-state index in [9.17, 15) is 4.79 Å². The molecule has 0 saturated carbocycles. The predicted octanol–water partition coefficient (Wildman–Crippen LogP) is 1.47. The van der Waals surface area contributed by atoms with Crippen LogP contribution >= 0.6 is 15.9 Å². The largest absolute Gasteiger partial charge is 0.353 e. The lowest BCUT2D eigenvalue weighted by Crippen LogP contribution is -2.62. The molecule has 0 aliphatic carbocycles. The first-order chi connectivity index (χ1) is 7.60. The molecule has 2 N–H and O–H groups in total. The van der Waals surface area contributed by atoms with E-state index in [1.807, 2.05) is 31.2 Å². The third kappa shape index (κ3) is 2.44. The fraction of sp³-hybridized carbons (Fsp3) is 0.417. The highest BCUT2D eigenvalue weighted by Crippen LogP contribution is 2.17. The quantitative estimate of drug-likeness (QED) is 0.863. The molecule has 4 heteroatoms. The van der Waals surface area contributed by atoms with Crippen LogP contribution in [0.2, 0.25) is 0 Å². The molecule has 1 heterocycles. The topological polar surface area (TPSA) is 41.1 Å². The van der Waals surface area contributed by atoms with Gasteiger partial charge >= 0.3 is 0 Å². The number of carbonyl (C=O) groups excluding carboxylic acids is 1. The summed E-state index contributed by atoms with van der Waals surface area (Å²) in [6.07, 6.45) is 0.714. The molecule has 0 radical (unpaired) electrons. The fourth-order valence-corrected chi connectivity index (χ4v) is 2.21. The van der Waals surface area contributed by atoms with Gasteiger partial charge in [0.2, 0.25) is 5.91 Å². The molecule has 1 aliphatic rings. The van der Waals surface area contributed by atoms with Crippen LogP contribution in [-0.2, 0) is 11.2 Å². The van der Waals surface area contributed by atoms with Gasteiger partial charge in [-0.2, -0.15) is 0 Å². The van der Waals surface area contributed by atoms with E-state index in [1.54, 1.807) is 0 Å². The molecule has 1 amide bonds. The minimum atomic E-state index is -0.480. The molecule has 1 aromatic rings. The Kier molecular flexibility index (Phi) is 3.30. The van der Waals surface area contributed by atoms with Gasteiger partial charge in [0.05, 0.1) is 5.54 Å². The van der Waals surface area contributed by atoms with Crippen LogP contribution in [0.25, 0.3) is 0 Å². The molecule has 16 heavy (non-hydrogen) atoms. The minimum absolute atomic E-state index is 0.0849. The van der Waals surface area contributed by atoms with E-state index in [2.05, 4.69) is 26.6 Å². The molecule has 1 atom stereocenters. The third-order valence-electron chi connectivity index (χ3n) is 2.90. The second kappa shape index (κ2) is 4.55. The van der Waals surface area contributed by atoms with Gasteiger partial charge < -0.3 is 10.6 Å². The lowest BCUT2D eigenvalue weighted by Gasteiger charge is -2.34. The van der Waals surface area contributed by atoms with Crippen molar-refractivity contribution in [1.29, 1.82) is 0 Å². The monoisotopic (exact) mass is 282 g/mol. The molecule has 1 aromatic carbocycles. The van der Waals surface area contributed by atoms with Crippen LogP contribution in [0.3, 0.4) is 0 Å². The first kappa shape index (κ1) is 11.6. The van der Waals surface area contributed by atoms with Crippen LogP contribution in [0.4, 0.5) is 0 Å². The predicted molar refractivity (Wildman–Crippen MR) is 67.3 cm³/mol. The smallest absolute Gasteiger partial charge is 0.240 e. The number of hydrogen-bond acceptors (Lipinski definition) is 2. The number of amides is 1. The highest BCUT2D eigenvalue weighted by molar-refractivity contribution is 9.10. The number of rotatable bonds is 2. The van der Waals surface area contributed by atoms with Gasteiger partial charge in [-0.15, -0.1) is 0 Å². The Hall–Kier alpha value is -0.870. The Morgan fingerprint density at radius 2 is 2.00 bits per heavy atom. The average molecular weight is 283 g/mol. The summed E-state index contributed by atoms with van der Waals surface area (Å²) in [6, 6.07) is 8.08. The number of piperazine rings is 1. The lowest BCUT2D eigenvalue weighted by molar-refractivity contribution is -0.128. The van der Waals surface area contributed by atoms with E-state index in [4.69, 9.17) is 0 Å². The number of nitrogens with one attached hydrogen (secondary N) is 2. The van der Waals surface area contributed by atoms with Crippen LogP contribution in [0.1, 0.15) is 12.5 Å². The maximum atomic E-state index is 11.8. The van der Waals surface area contributed by atoms with Crippen LogP contribution in [0.15, 0.2) is 28.7 Å². The van der Waals surface area contributed by atoms with Crippen molar-refractivity contribution >= 4 is 21.8 Å². The van der Waals surface area contributed by atoms with Crippen molar-refractivity contribution in [3.05, 3.63) is 34.3 Å². The van der Waals surface area contributed by atoms with Crippen molar-refractivity contribution in [2.24, 2.45) is 0 Å². The van der Waals surface area contributed by atoms with Gasteiger partial charge in [-0.05, 0) is 31.0 Å². The van der Waals surface area contributed by atoms with Crippen molar-refractivity contribution in [3.63, 3.8) is 0 Å². The van der Waals surface area contributed by atoms with Crippen molar-refractivity contribution < 1.29 is 4.79 Å². The summed E-state index contributed by atoms with van der Waals surface area (Å²) >= 11 is 3.40. The number of carbonyl (C=O) groups is 1. The Morgan fingerprint density at radius 1 is 1.31 bits per heavy atom. The van der Waals surface area contributed by atoms with E-state index < -0.39 is 5.54 Å². The van der Waals surface area contributed by atoms with Crippen molar-refractivity contribution in [3.8, 4) is 0 Å². The van der Waals surface area contributed by atoms with Crippen LogP contribution in [-0.4, -0.2) is 24.5 Å². The standard InChI is InChI=1S/C12H15BrN2O/c1-12(11(16)14-6-7-15-12)8-9-2-4-10(13)5-3-9/h2-5,15H,6-8H2,1H3,(H,14,16). The zero-order valence-electron chi connectivity index (χ0n) is 9.22. The highest BCUT2D eigenvalue weighted by Gasteiger charge is 2.34. The normalized spacial score (nSPS) is 25.2. The molecule has 1 fully saturated rings. The summed E-state index contributed by atoms with van der Waals surface area (Å²) < 4.78 is 1.06. The van der Waals surface area contributed by atoms with E-state index in [1.165, 1.54) is 0 Å². The molecule has 1 aliphatic heterocycles. The summed E-state index contributed by atoms with van der Waals surface area (Å²) in [4.78, 5) is 11.8. The maximum Gasteiger partial charge on any atom is 0.240 e. The maximum absolute atomic E-state index is 11.8. The lowest BCUT2D eigenvalue weighted by atomic mass is 9.90. The molecular formula is C12H15BrN2O. The van der Waals surface area contributed by atoms with Crippen LogP contribution < -0.4 is 10.6 Å². The van der Waals surface area contributed by atoms with Gasteiger partial charge in [0, 0.05) is 17.6 Å². The fourth-order valence-electron chi connectivity index (χ4n) is 1.94. The summed E-state index contributed by atoms with van der Waals surface area (Å²) in [7, 11) is 0. The SMILES string of the molecule is CC1(Cc2ccc(Br)cc2)NCCNC1=O. The van der Waals surface area contributed by atoms with Gasteiger partial charge in [-0.1, -0.05) is 28.1 Å². The van der Waals surface area contributed by atoms with Gasteiger partial charge in [-0.25, -0.2) is 0 Å². The zero-order chi connectivity index (χ0) is 11.6. The molecule has 0 bridgehead atoms. The van der Waals surface area contributed by atoms with Gasteiger partial charge in [0.1, 0.15) is 0 Å². The van der Waals surface area contributed by atoms with Crippen LogP contribution in [0.5, 0.6) is 0 Å². The Bertz CT molecular complexity index is 391. The molecule has 3 nitrogen and oxygen atoms in total. The molecule has 86 valence electrons. The molecule has 0 spiro atoms. The van der Waals surface area contributed by atoms with E-state index in [-0.39, 0.29) is 5.91 Å². The van der Waals surface area contributed by atoms with Gasteiger partial charge in [0.15, 0.2) is 0 Å². The van der Waals surface area contributed by atoms with Crippen molar-refractivity contribution in [2.75, 3.05) is 13.1 Å². The Labute approximate surface area is 104 Å². The van der Waals surface area contributed by atoms with E-state index in [0.717, 1.165) is 23.1 Å². The van der Waals surface area contributed by atoms with Gasteiger partial charge in [0.25, 0.3) is 0 Å². The van der Waals surface area contributed by atoms with Crippen LogP contribution in [0, 0.1) is 0 Å². The van der Waals surface area contributed by atoms with Gasteiger partial charge in [-0.3, -0.25) is 4.79 Å². The third-order valence-corrected chi connectivity index (χ3v) is 3.43. The van der Waals surface area contributed by atoms with E-state index in [0.29, 0.717) is 6.42 Å². The van der Waals surface area contributed by atoms with E-state index >= 15 is 0 Å². The van der Waals surface area contributed by atoms with Crippen molar-refractivity contribution in [1.82, 2.24) is 10.6 Å². The second-order valence-corrected chi connectivity index (χ2v) is 5.23. The number of hydrogen-bond donors (Lipinski definition) is 2. The first-order valence-corrected chi connectivity index (χ1v) is 6.17. The number of benzene rings is 1. The minimum Gasteiger partial charge on any atom is -0.353 e.